The Kier molecular flexibility index (Phi) is 34.5. The van der Waals surface area contributed by atoms with Crippen molar-refractivity contribution in [2.75, 3.05) is 96.7 Å². The maximum Gasteiger partial charge on any atom is 0.573 e. The molecule has 0 bridgehead atoms. The zero-order valence-corrected chi connectivity index (χ0v) is 75.8. The molecule has 16 rings (SSSR count). The number of halogens is 12. The van der Waals surface area contributed by atoms with Crippen LogP contribution < -0.4 is 36.1 Å². The van der Waals surface area contributed by atoms with Gasteiger partial charge in [-0.1, -0.05) is 95.1 Å². The van der Waals surface area contributed by atoms with Crippen LogP contribution in [0.25, 0.3) is 88.1 Å². The summed E-state index contributed by atoms with van der Waals surface area (Å²) >= 11 is 2.00. The fourth-order valence-corrected chi connectivity index (χ4v) is 19.0. The topological polar surface area (TPSA) is 177 Å². The molecule has 8 aromatic carbocycles. The maximum absolute atomic E-state index is 12.7. The summed E-state index contributed by atoms with van der Waals surface area (Å²) in [7, 11) is 0. The third kappa shape index (κ3) is 27.5. The van der Waals surface area contributed by atoms with Gasteiger partial charge in [-0.25, -0.2) is 0 Å². The summed E-state index contributed by atoms with van der Waals surface area (Å²) in [6.07, 6.45) is 1.26. The Labute approximate surface area is 762 Å². The highest BCUT2D eigenvalue weighted by atomic mass is 32.2. The van der Waals surface area contributed by atoms with Crippen molar-refractivity contribution >= 4 is 55.4 Å². The van der Waals surface area contributed by atoms with Crippen molar-refractivity contribution < 1.29 is 81.5 Å². The number of thioether (sulfide) groups is 1. The number of alkyl halides is 12. The van der Waals surface area contributed by atoms with E-state index in [1.54, 1.807) is 30.3 Å². The van der Waals surface area contributed by atoms with Gasteiger partial charge >= 0.3 is 25.4 Å². The lowest BCUT2D eigenvalue weighted by Crippen LogP contribution is -2.35. The van der Waals surface area contributed by atoms with Gasteiger partial charge in [-0.15, -0.1) is 52.7 Å². The number of unbranched alkanes of at least 4 members (excludes halogenated alkanes) is 1. The van der Waals surface area contributed by atoms with Gasteiger partial charge in [0.1, 0.15) is 23.0 Å². The molecule has 0 amide bonds. The summed E-state index contributed by atoms with van der Waals surface area (Å²) in [6, 6.07) is 46.2. The highest BCUT2D eigenvalue weighted by molar-refractivity contribution is 7.99. The van der Waals surface area contributed by atoms with E-state index in [2.05, 4.69) is 161 Å². The van der Waals surface area contributed by atoms with E-state index in [9.17, 15) is 57.8 Å². The lowest BCUT2D eigenvalue weighted by molar-refractivity contribution is -0.275. The van der Waals surface area contributed by atoms with Crippen LogP contribution in [0.2, 0.25) is 0 Å². The molecule has 4 aliphatic heterocycles. The maximum atomic E-state index is 12.7. The number of hydrogen-bond donors (Lipinski definition) is 4. The highest BCUT2D eigenvalue weighted by Gasteiger charge is 2.35. The standard InChI is InChI=1S/C26H32F3N3O2.C26H32F3N3O.C25H30F3N3OS.C24H27F3N2O2/c1-2-19-15-21(34-26(27,28)29)5-6-22(19)24-17-32(11-3-10-30)25-7-4-18(14-23(24)25)16-31-12-8-20(33)9-13-31;1-2-20-16-21(33-26(27,28)29)8-9-22(20)24-18-32(14-6-11-30)25-10-7-19(15-23(24)25)17-31-12-4-3-5-13-31;1-2-19-15-20(32-25(26,27)28)5-6-21(19)23-17-31(9-3-8-29)24-7-4-18(14-22(23)24)16-30-10-12-33-13-11-30;1-2-3-10-29-17-22(19-5-7-20(8-6-19)31-24(25,26)27)21-15-18(4-9-23(21)29)16-28-11-13-30-14-12-28/h4-7,14-15,17,20,33H,2-3,8-13,16,30H2,1H3;7-10,15-16,18H,2-6,11-14,17,30H2,1H3;4-7,14-15,17H,2-3,8-13,16,29H2,1H3;4-9,15,17H,2-3,10-14,16H2,1H3. The number of nitrogens with zero attached hydrogens (tertiary/aromatic N) is 8. The average Bonchev–Trinajstić information content (AvgIpc) is 1.64. The summed E-state index contributed by atoms with van der Waals surface area (Å²) in [5.41, 5.74) is 36.9. The zero-order valence-electron chi connectivity index (χ0n) is 75.0. The third-order valence-electron chi connectivity index (χ3n) is 24.5. The zero-order chi connectivity index (χ0) is 93.0. The third-order valence-corrected chi connectivity index (χ3v) is 25.5. The van der Waals surface area contributed by atoms with E-state index in [4.69, 9.17) is 21.9 Å². The second kappa shape index (κ2) is 45.8. The number of nitrogens with two attached hydrogens (primary N) is 3. The second-order valence-corrected chi connectivity index (χ2v) is 35.2. The number of morpholine rings is 1. The van der Waals surface area contributed by atoms with Crippen LogP contribution in [0.1, 0.15) is 131 Å². The molecule has 8 heterocycles. The van der Waals surface area contributed by atoms with Gasteiger partial charge in [0.05, 0.1) is 19.3 Å². The monoisotopic (exact) mass is 1840 g/mol. The van der Waals surface area contributed by atoms with Crippen molar-refractivity contribution in [3.05, 3.63) is 215 Å². The first-order chi connectivity index (χ1) is 62.9. The first kappa shape index (κ1) is 98.8. The Bertz CT molecular complexity index is 5510. The van der Waals surface area contributed by atoms with Crippen molar-refractivity contribution in [2.24, 2.45) is 17.2 Å². The van der Waals surface area contributed by atoms with Crippen LogP contribution in [0.4, 0.5) is 52.7 Å². The second-order valence-electron chi connectivity index (χ2n) is 34.0. The van der Waals surface area contributed by atoms with E-state index in [-0.39, 0.29) is 29.1 Å². The number of hydrogen-bond acceptors (Lipinski definition) is 14. The Morgan fingerprint density at radius 2 is 0.664 bits per heavy atom. The van der Waals surface area contributed by atoms with E-state index in [1.165, 1.54) is 90.0 Å². The van der Waals surface area contributed by atoms with E-state index >= 15 is 0 Å². The molecule has 131 heavy (non-hydrogen) atoms. The van der Waals surface area contributed by atoms with Gasteiger partial charge in [0.25, 0.3) is 0 Å². The molecular weight excluding hydrogens is 1720 g/mol. The summed E-state index contributed by atoms with van der Waals surface area (Å²) in [4.78, 5) is 9.70. The van der Waals surface area contributed by atoms with Gasteiger partial charge in [0.2, 0.25) is 0 Å². The van der Waals surface area contributed by atoms with Crippen LogP contribution >= 0.6 is 11.8 Å². The molecule has 30 heteroatoms. The summed E-state index contributed by atoms with van der Waals surface area (Å²) in [5, 5.41) is 14.2. The normalized spacial score (nSPS) is 15.5. The van der Waals surface area contributed by atoms with Crippen molar-refractivity contribution in [3.8, 4) is 67.5 Å². The minimum absolute atomic E-state index is 0.180. The van der Waals surface area contributed by atoms with Gasteiger partial charge in [0.15, 0.2) is 0 Å². The first-order valence-electron chi connectivity index (χ1n) is 45.8. The van der Waals surface area contributed by atoms with Gasteiger partial charge in [-0.2, -0.15) is 11.8 Å². The van der Waals surface area contributed by atoms with Gasteiger partial charge in [-0.3, -0.25) is 19.6 Å². The number of piperidine rings is 2. The van der Waals surface area contributed by atoms with Gasteiger partial charge in [-0.05, 0) is 262 Å². The fraction of sp³-hybridized carbons (Fsp3) is 0.446. The minimum Gasteiger partial charge on any atom is -0.406 e. The number of ether oxygens (including phenoxy) is 5. The summed E-state index contributed by atoms with van der Waals surface area (Å²) < 4.78 is 183. The van der Waals surface area contributed by atoms with Crippen molar-refractivity contribution in [1.29, 1.82) is 0 Å². The Hall–Kier alpha value is -9.73. The SMILES string of the molecule is CCCCn1cc(-c2ccc(OC(F)(F)F)cc2)c2cc(CN3CCOCC3)ccc21.CCc1cc(OC(F)(F)F)ccc1-c1cn(CCCN)c2ccc(CN3CCC(O)CC3)cc12.CCc1cc(OC(F)(F)F)ccc1-c1cn(CCCN)c2ccc(CN3CCCCC3)cc12.CCc1cc(OC(F)(F)F)ccc1-c1cn(CCCN)c2ccc(CN3CCSCC3)cc12. The highest BCUT2D eigenvalue weighted by Crippen LogP contribution is 2.43. The van der Waals surface area contributed by atoms with Crippen LogP contribution in [-0.2, 0) is 76.4 Å². The van der Waals surface area contributed by atoms with E-state index in [0.717, 1.165) is 279 Å². The molecule has 4 fully saturated rings. The van der Waals surface area contributed by atoms with Crippen LogP contribution in [0.5, 0.6) is 23.0 Å². The largest absolute Gasteiger partial charge is 0.573 e. The number of aliphatic hydroxyl groups excluding tert-OH is 1. The average molecular weight is 1850 g/mol. The Morgan fingerprint density at radius 1 is 0.351 bits per heavy atom. The van der Waals surface area contributed by atoms with Crippen LogP contribution in [0, 0.1) is 0 Å². The van der Waals surface area contributed by atoms with Crippen molar-refractivity contribution in [2.45, 2.75) is 195 Å². The van der Waals surface area contributed by atoms with Gasteiger partial charge < -0.3 is 64.3 Å². The van der Waals surface area contributed by atoms with Crippen molar-refractivity contribution in [1.82, 2.24) is 37.9 Å². The molecule has 0 atom stereocenters. The number of aryl methyl sites for hydroxylation is 7. The summed E-state index contributed by atoms with van der Waals surface area (Å²) in [6.45, 7) is 26.1. The molecule has 17 nitrogen and oxygen atoms in total. The fourth-order valence-electron chi connectivity index (χ4n) is 18.0. The molecule has 0 spiro atoms. The Morgan fingerprint density at radius 3 is 1.01 bits per heavy atom. The minimum atomic E-state index is -4.72. The molecule has 706 valence electrons. The Balaban J connectivity index is 0.000000149. The first-order valence-corrected chi connectivity index (χ1v) is 46.9. The number of aliphatic hydroxyl groups is 1. The van der Waals surface area contributed by atoms with Crippen LogP contribution in [-0.4, -0.2) is 171 Å². The van der Waals surface area contributed by atoms with E-state index < -0.39 is 25.4 Å². The van der Waals surface area contributed by atoms with E-state index in [1.807, 2.05) is 32.5 Å². The number of benzene rings is 8. The molecule has 0 radical (unpaired) electrons. The number of likely N-dealkylation sites (tertiary alicyclic amines) is 2. The smallest absolute Gasteiger partial charge is 0.406 e. The van der Waals surface area contributed by atoms with Gasteiger partial charge in [0, 0.05) is 194 Å². The van der Waals surface area contributed by atoms with Crippen LogP contribution in [0.15, 0.2) is 176 Å². The number of aromatic nitrogens is 4. The predicted octanol–water partition coefficient (Wildman–Crippen LogP) is 22.7. The molecule has 0 aliphatic carbocycles. The number of rotatable bonds is 31. The predicted molar refractivity (Wildman–Crippen MR) is 499 cm³/mol. The molecule has 7 N–H and O–H groups in total. The lowest BCUT2D eigenvalue weighted by atomic mass is 9.96. The molecule has 4 aromatic heterocycles. The molecule has 0 saturated carbocycles. The van der Waals surface area contributed by atoms with E-state index in [0.29, 0.717) is 38.9 Å². The molecular formula is C101H121F12N11O6S. The quantitative estimate of drug-likeness (QED) is 0.0302. The molecule has 12 aromatic rings. The molecule has 0 unspecified atom stereocenters. The molecule has 4 aliphatic rings. The van der Waals surface area contributed by atoms with Crippen LogP contribution in [0.3, 0.4) is 0 Å². The number of fused-ring (bicyclic) bond motifs is 4. The molecule has 4 saturated heterocycles. The lowest BCUT2D eigenvalue weighted by Gasteiger charge is -2.29. The summed E-state index contributed by atoms with van der Waals surface area (Å²) in [5.74, 6) is 1.55. The van der Waals surface area contributed by atoms with Crippen molar-refractivity contribution in [3.63, 3.8) is 0 Å².